The quantitative estimate of drug-likeness (QED) is 0.749. The third-order valence-corrected chi connectivity index (χ3v) is 2.89. The number of aromatic hydroxyl groups is 1. The van der Waals surface area contributed by atoms with E-state index in [1.54, 1.807) is 12.3 Å². The maximum Gasteiger partial charge on any atom is 0.176 e. The normalized spacial score (nSPS) is 10.8. The number of aryl methyl sites for hydroxylation is 1. The Labute approximate surface area is 77.9 Å². The van der Waals surface area contributed by atoms with Crippen molar-refractivity contribution in [3.63, 3.8) is 0 Å². The molecular formula is C9H7BrO2. The number of phenols is 1. The van der Waals surface area contributed by atoms with Crippen LogP contribution in [0.5, 0.6) is 5.75 Å². The number of furan rings is 1. The fraction of sp³-hybridized carbons (Fsp3) is 0.111. The Bertz CT molecular complexity index is 431. The van der Waals surface area contributed by atoms with Crippen LogP contribution >= 0.6 is 15.9 Å². The molecule has 0 aliphatic rings. The number of fused-ring (bicyclic) bond motifs is 1. The van der Waals surface area contributed by atoms with Gasteiger partial charge in [-0.3, -0.25) is 0 Å². The van der Waals surface area contributed by atoms with Crippen LogP contribution in [0.2, 0.25) is 0 Å². The van der Waals surface area contributed by atoms with E-state index in [-0.39, 0.29) is 5.75 Å². The Morgan fingerprint density at radius 3 is 3.00 bits per heavy atom. The zero-order valence-corrected chi connectivity index (χ0v) is 8.05. The molecule has 1 aromatic heterocycles. The molecule has 2 nitrogen and oxygen atoms in total. The summed E-state index contributed by atoms with van der Waals surface area (Å²) < 4.78 is 6.08. The lowest BCUT2D eigenvalue weighted by Gasteiger charge is -2.00. The molecular weight excluding hydrogens is 220 g/mol. The van der Waals surface area contributed by atoms with Crippen molar-refractivity contribution in [1.82, 2.24) is 0 Å². The van der Waals surface area contributed by atoms with Crippen LogP contribution < -0.4 is 0 Å². The van der Waals surface area contributed by atoms with E-state index in [0.717, 1.165) is 15.4 Å². The Hall–Kier alpha value is -0.960. The number of halogens is 1. The van der Waals surface area contributed by atoms with Crippen LogP contribution in [0.15, 0.2) is 27.3 Å². The molecule has 0 saturated heterocycles. The molecule has 0 aliphatic carbocycles. The van der Waals surface area contributed by atoms with E-state index in [2.05, 4.69) is 15.9 Å². The molecule has 12 heavy (non-hydrogen) atoms. The number of phenolic OH excluding ortho intramolecular Hbond substituents is 1. The van der Waals surface area contributed by atoms with Gasteiger partial charge in [0, 0.05) is 9.86 Å². The van der Waals surface area contributed by atoms with Crippen molar-refractivity contribution in [2.45, 2.75) is 6.92 Å². The lowest BCUT2D eigenvalue weighted by atomic mass is 10.2. The highest BCUT2D eigenvalue weighted by Crippen LogP contribution is 2.34. The van der Waals surface area contributed by atoms with Crippen molar-refractivity contribution in [3.05, 3.63) is 28.4 Å². The van der Waals surface area contributed by atoms with E-state index in [9.17, 15) is 5.11 Å². The molecule has 0 saturated carbocycles. The Kier molecular flexibility index (Phi) is 1.61. The maximum atomic E-state index is 9.45. The molecule has 1 heterocycles. The molecule has 0 radical (unpaired) electrons. The number of hydrogen-bond acceptors (Lipinski definition) is 2. The highest BCUT2D eigenvalue weighted by molar-refractivity contribution is 9.10. The summed E-state index contributed by atoms with van der Waals surface area (Å²) in [5.41, 5.74) is 1.54. The maximum absolute atomic E-state index is 9.45. The summed E-state index contributed by atoms with van der Waals surface area (Å²) in [5, 5.41) is 10.4. The smallest absolute Gasteiger partial charge is 0.176 e. The predicted molar refractivity (Wildman–Crippen MR) is 50.3 cm³/mol. The minimum absolute atomic E-state index is 0.190. The second kappa shape index (κ2) is 2.52. The van der Waals surface area contributed by atoms with Gasteiger partial charge in [0.25, 0.3) is 0 Å². The Morgan fingerprint density at radius 1 is 1.50 bits per heavy atom. The van der Waals surface area contributed by atoms with Crippen molar-refractivity contribution in [1.29, 1.82) is 0 Å². The summed E-state index contributed by atoms with van der Waals surface area (Å²) in [6.07, 6.45) is 1.56. The van der Waals surface area contributed by atoms with E-state index >= 15 is 0 Å². The first-order valence-electron chi connectivity index (χ1n) is 3.55. The van der Waals surface area contributed by atoms with Gasteiger partial charge >= 0.3 is 0 Å². The third-order valence-electron chi connectivity index (χ3n) is 1.83. The van der Waals surface area contributed by atoms with Gasteiger partial charge in [-0.25, -0.2) is 0 Å². The van der Waals surface area contributed by atoms with E-state index in [1.165, 1.54) is 0 Å². The first-order chi connectivity index (χ1) is 5.70. The highest BCUT2D eigenvalue weighted by Gasteiger charge is 2.08. The predicted octanol–water partition coefficient (Wildman–Crippen LogP) is 3.21. The van der Waals surface area contributed by atoms with Crippen LogP contribution in [0.25, 0.3) is 11.0 Å². The van der Waals surface area contributed by atoms with Crippen LogP contribution in [-0.4, -0.2) is 5.11 Å². The molecule has 0 atom stereocenters. The average molecular weight is 227 g/mol. The fourth-order valence-corrected chi connectivity index (χ4v) is 1.65. The van der Waals surface area contributed by atoms with Gasteiger partial charge in [0.05, 0.1) is 6.26 Å². The summed E-state index contributed by atoms with van der Waals surface area (Å²) in [6, 6.07) is 3.50. The summed E-state index contributed by atoms with van der Waals surface area (Å²) >= 11 is 3.42. The van der Waals surface area contributed by atoms with Gasteiger partial charge in [0.15, 0.2) is 11.3 Å². The molecule has 3 heteroatoms. The number of hydrogen-bond donors (Lipinski definition) is 1. The molecule has 2 rings (SSSR count). The van der Waals surface area contributed by atoms with Gasteiger partial charge in [-0.15, -0.1) is 0 Å². The molecule has 2 aromatic rings. The zero-order valence-electron chi connectivity index (χ0n) is 6.47. The monoisotopic (exact) mass is 226 g/mol. The molecule has 1 N–H and O–H groups in total. The van der Waals surface area contributed by atoms with Gasteiger partial charge in [0.1, 0.15) is 0 Å². The topological polar surface area (TPSA) is 33.4 Å². The van der Waals surface area contributed by atoms with Crippen LogP contribution in [0.1, 0.15) is 5.56 Å². The van der Waals surface area contributed by atoms with E-state index in [1.807, 2.05) is 13.0 Å². The lowest BCUT2D eigenvalue weighted by Crippen LogP contribution is -1.76. The van der Waals surface area contributed by atoms with Crippen molar-refractivity contribution < 1.29 is 9.52 Å². The summed E-state index contributed by atoms with van der Waals surface area (Å²) in [5.74, 6) is 0.190. The van der Waals surface area contributed by atoms with Crippen molar-refractivity contribution in [2.24, 2.45) is 0 Å². The summed E-state index contributed by atoms with van der Waals surface area (Å²) in [4.78, 5) is 0. The molecule has 0 bridgehead atoms. The molecule has 0 unspecified atom stereocenters. The standard InChI is InChI=1S/C9H7BrO2/c1-5-4-7(11)9-6(8(5)10)2-3-12-9/h2-4,11H,1H3. The third kappa shape index (κ3) is 0.932. The van der Waals surface area contributed by atoms with Crippen LogP contribution in [0.3, 0.4) is 0 Å². The summed E-state index contributed by atoms with van der Waals surface area (Å²) in [7, 11) is 0. The minimum atomic E-state index is 0.190. The molecule has 0 amide bonds. The summed E-state index contributed by atoms with van der Waals surface area (Å²) in [6.45, 7) is 1.93. The zero-order chi connectivity index (χ0) is 8.72. The average Bonchev–Trinajstić information content (AvgIpc) is 2.48. The number of rotatable bonds is 0. The van der Waals surface area contributed by atoms with Crippen molar-refractivity contribution in [2.75, 3.05) is 0 Å². The van der Waals surface area contributed by atoms with Gasteiger partial charge in [-0.2, -0.15) is 0 Å². The Balaban J connectivity index is 2.97. The van der Waals surface area contributed by atoms with E-state index in [0.29, 0.717) is 5.58 Å². The van der Waals surface area contributed by atoms with Crippen LogP contribution in [0, 0.1) is 6.92 Å². The lowest BCUT2D eigenvalue weighted by molar-refractivity contribution is 0.464. The fourth-order valence-electron chi connectivity index (χ4n) is 1.23. The van der Waals surface area contributed by atoms with Crippen LogP contribution in [-0.2, 0) is 0 Å². The molecule has 0 aliphatic heterocycles. The second-order valence-electron chi connectivity index (χ2n) is 2.69. The van der Waals surface area contributed by atoms with Gasteiger partial charge in [-0.05, 0) is 40.5 Å². The van der Waals surface area contributed by atoms with E-state index < -0.39 is 0 Å². The van der Waals surface area contributed by atoms with Crippen molar-refractivity contribution >= 4 is 26.9 Å². The van der Waals surface area contributed by atoms with Gasteiger partial charge < -0.3 is 9.52 Å². The van der Waals surface area contributed by atoms with Crippen LogP contribution in [0.4, 0.5) is 0 Å². The molecule has 0 fully saturated rings. The van der Waals surface area contributed by atoms with Crippen molar-refractivity contribution in [3.8, 4) is 5.75 Å². The first kappa shape index (κ1) is 7.68. The SMILES string of the molecule is Cc1cc(O)c2occc2c1Br. The van der Waals surface area contributed by atoms with E-state index in [4.69, 9.17) is 4.42 Å². The largest absolute Gasteiger partial charge is 0.504 e. The first-order valence-corrected chi connectivity index (χ1v) is 4.34. The Morgan fingerprint density at radius 2 is 2.25 bits per heavy atom. The molecule has 0 spiro atoms. The van der Waals surface area contributed by atoms with Gasteiger partial charge in [0.2, 0.25) is 0 Å². The minimum Gasteiger partial charge on any atom is -0.504 e. The molecule has 1 aromatic carbocycles. The van der Waals surface area contributed by atoms with Gasteiger partial charge in [-0.1, -0.05) is 0 Å². The number of benzene rings is 1. The molecule has 62 valence electrons. The second-order valence-corrected chi connectivity index (χ2v) is 3.48. The highest BCUT2D eigenvalue weighted by atomic mass is 79.9.